The van der Waals surface area contributed by atoms with E-state index >= 15 is 0 Å². The van der Waals surface area contributed by atoms with Crippen molar-refractivity contribution in [3.8, 4) is 0 Å². The van der Waals surface area contributed by atoms with Gasteiger partial charge in [-0.3, -0.25) is 0 Å². The summed E-state index contributed by atoms with van der Waals surface area (Å²) in [5.74, 6) is 0. The van der Waals surface area contributed by atoms with Crippen molar-refractivity contribution in [2.24, 2.45) is 10.2 Å². The maximum absolute atomic E-state index is 6.07. The molecular formula is C14H19BN2O2. The SMILES string of the molecule is CC1=NN=C2CC=C(B3OC(C)(C)C(C)(C)O3)C=C12. The van der Waals surface area contributed by atoms with Gasteiger partial charge in [0.15, 0.2) is 0 Å². The molecule has 100 valence electrons. The minimum Gasteiger partial charge on any atom is -0.399 e. The van der Waals surface area contributed by atoms with E-state index in [1.165, 1.54) is 0 Å². The quantitative estimate of drug-likeness (QED) is 0.678. The molecule has 5 heteroatoms. The maximum atomic E-state index is 6.07. The van der Waals surface area contributed by atoms with E-state index in [0.717, 1.165) is 28.9 Å². The molecule has 0 amide bonds. The molecule has 3 aliphatic rings. The molecule has 0 aromatic heterocycles. The molecule has 0 unspecified atom stereocenters. The van der Waals surface area contributed by atoms with E-state index in [4.69, 9.17) is 9.31 Å². The van der Waals surface area contributed by atoms with Gasteiger partial charge in [-0.05, 0) is 40.1 Å². The minimum absolute atomic E-state index is 0.299. The average molecular weight is 258 g/mol. The lowest BCUT2D eigenvalue weighted by molar-refractivity contribution is 0.00578. The van der Waals surface area contributed by atoms with Gasteiger partial charge in [-0.2, -0.15) is 10.2 Å². The van der Waals surface area contributed by atoms with Gasteiger partial charge in [-0.15, -0.1) is 0 Å². The minimum atomic E-state index is -0.301. The van der Waals surface area contributed by atoms with E-state index in [-0.39, 0.29) is 18.3 Å². The lowest BCUT2D eigenvalue weighted by Gasteiger charge is -2.32. The molecule has 3 rings (SSSR count). The molecule has 0 saturated carbocycles. The third-order valence-electron chi connectivity index (χ3n) is 4.39. The van der Waals surface area contributed by atoms with E-state index < -0.39 is 0 Å². The van der Waals surface area contributed by atoms with Gasteiger partial charge in [0.2, 0.25) is 0 Å². The Morgan fingerprint density at radius 1 is 1.11 bits per heavy atom. The second kappa shape index (κ2) is 3.90. The third-order valence-corrected chi connectivity index (χ3v) is 4.39. The Labute approximate surface area is 114 Å². The molecule has 0 spiro atoms. The van der Waals surface area contributed by atoms with Crippen LogP contribution in [0.25, 0.3) is 0 Å². The highest BCUT2D eigenvalue weighted by molar-refractivity contribution is 6.56. The molecular weight excluding hydrogens is 239 g/mol. The van der Waals surface area contributed by atoms with Crippen LogP contribution in [0.15, 0.2) is 33.4 Å². The Kier molecular flexibility index (Phi) is 2.63. The van der Waals surface area contributed by atoms with Crippen LogP contribution in [0.2, 0.25) is 0 Å². The van der Waals surface area contributed by atoms with Crippen LogP contribution in [-0.2, 0) is 9.31 Å². The lowest BCUT2D eigenvalue weighted by Crippen LogP contribution is -2.41. The number of hydrogen-bond donors (Lipinski definition) is 0. The van der Waals surface area contributed by atoms with E-state index in [1.807, 2.05) is 6.92 Å². The number of hydrogen-bond acceptors (Lipinski definition) is 4. The van der Waals surface area contributed by atoms with Crippen LogP contribution in [0.3, 0.4) is 0 Å². The van der Waals surface area contributed by atoms with E-state index in [9.17, 15) is 0 Å². The number of nitrogens with zero attached hydrogens (tertiary/aromatic N) is 2. The van der Waals surface area contributed by atoms with Crippen LogP contribution < -0.4 is 0 Å². The van der Waals surface area contributed by atoms with Crippen molar-refractivity contribution in [1.82, 2.24) is 0 Å². The van der Waals surface area contributed by atoms with Gasteiger partial charge in [-0.1, -0.05) is 12.2 Å². The molecule has 0 aromatic rings. The van der Waals surface area contributed by atoms with Crippen LogP contribution in [0.1, 0.15) is 41.0 Å². The van der Waals surface area contributed by atoms with Crippen LogP contribution >= 0.6 is 0 Å². The van der Waals surface area contributed by atoms with Gasteiger partial charge in [0.05, 0.1) is 22.6 Å². The zero-order valence-electron chi connectivity index (χ0n) is 12.2. The first-order valence-corrected chi connectivity index (χ1v) is 6.69. The molecule has 2 heterocycles. The van der Waals surface area contributed by atoms with Crippen molar-refractivity contribution in [3.05, 3.63) is 23.2 Å². The molecule has 0 radical (unpaired) electrons. The van der Waals surface area contributed by atoms with E-state index in [1.54, 1.807) is 0 Å². The predicted octanol–water partition coefficient (Wildman–Crippen LogP) is 2.70. The van der Waals surface area contributed by atoms with Gasteiger partial charge in [-0.25, -0.2) is 0 Å². The molecule has 1 fully saturated rings. The number of rotatable bonds is 1. The summed E-state index contributed by atoms with van der Waals surface area (Å²) in [6, 6.07) is 0. The molecule has 4 nitrogen and oxygen atoms in total. The summed E-state index contributed by atoms with van der Waals surface area (Å²) >= 11 is 0. The summed E-state index contributed by atoms with van der Waals surface area (Å²) in [5.41, 5.74) is 3.60. The summed E-state index contributed by atoms with van der Waals surface area (Å²) in [5, 5.41) is 8.29. The standard InChI is InChI=1S/C14H19BN2O2/c1-9-11-8-10(6-7-12(11)17-16-9)15-18-13(2,3)14(4,5)19-15/h6,8H,7H2,1-5H3. The van der Waals surface area contributed by atoms with Crippen molar-refractivity contribution >= 4 is 18.5 Å². The van der Waals surface area contributed by atoms with Crippen molar-refractivity contribution in [2.75, 3.05) is 0 Å². The highest BCUT2D eigenvalue weighted by Gasteiger charge is 2.52. The molecule has 2 aliphatic heterocycles. The molecule has 1 saturated heterocycles. The fourth-order valence-corrected chi connectivity index (χ4v) is 2.37. The zero-order valence-corrected chi connectivity index (χ0v) is 12.2. The van der Waals surface area contributed by atoms with Gasteiger partial charge in [0.25, 0.3) is 0 Å². The van der Waals surface area contributed by atoms with Crippen LogP contribution in [0, 0.1) is 0 Å². The van der Waals surface area contributed by atoms with E-state index in [2.05, 4.69) is 50.0 Å². The highest BCUT2D eigenvalue weighted by atomic mass is 16.7. The Bertz CT molecular complexity index is 540. The normalized spacial score (nSPS) is 27.5. The first-order valence-electron chi connectivity index (χ1n) is 6.69. The lowest BCUT2D eigenvalue weighted by atomic mass is 9.73. The molecule has 1 aliphatic carbocycles. The van der Waals surface area contributed by atoms with Crippen LogP contribution in [0.4, 0.5) is 0 Å². The van der Waals surface area contributed by atoms with Crippen molar-refractivity contribution in [1.29, 1.82) is 0 Å². The topological polar surface area (TPSA) is 43.2 Å². The Morgan fingerprint density at radius 2 is 1.74 bits per heavy atom. The summed E-state index contributed by atoms with van der Waals surface area (Å²) in [4.78, 5) is 0. The van der Waals surface area contributed by atoms with E-state index in [0.29, 0.717) is 0 Å². The zero-order chi connectivity index (χ0) is 13.8. The number of allylic oxidation sites excluding steroid dienone is 4. The van der Waals surface area contributed by atoms with Gasteiger partial charge >= 0.3 is 7.12 Å². The summed E-state index contributed by atoms with van der Waals surface area (Å²) in [6.07, 6.45) is 5.01. The first-order chi connectivity index (χ1) is 8.80. The van der Waals surface area contributed by atoms with Gasteiger partial charge in [0, 0.05) is 12.0 Å². The van der Waals surface area contributed by atoms with Gasteiger partial charge in [0.1, 0.15) is 0 Å². The fourth-order valence-electron chi connectivity index (χ4n) is 2.37. The second-order valence-corrected chi connectivity index (χ2v) is 6.29. The van der Waals surface area contributed by atoms with Crippen LogP contribution in [0.5, 0.6) is 0 Å². The second-order valence-electron chi connectivity index (χ2n) is 6.29. The maximum Gasteiger partial charge on any atom is 0.494 e. The average Bonchev–Trinajstić information content (AvgIpc) is 2.78. The molecule has 0 bridgehead atoms. The third kappa shape index (κ3) is 1.92. The molecule has 0 N–H and O–H groups in total. The summed E-state index contributed by atoms with van der Waals surface area (Å²) in [7, 11) is -0.299. The van der Waals surface area contributed by atoms with Gasteiger partial charge < -0.3 is 9.31 Å². The molecule has 0 aromatic carbocycles. The largest absolute Gasteiger partial charge is 0.494 e. The van der Waals surface area contributed by atoms with Crippen molar-refractivity contribution in [3.63, 3.8) is 0 Å². The van der Waals surface area contributed by atoms with Crippen molar-refractivity contribution < 1.29 is 9.31 Å². The highest BCUT2D eigenvalue weighted by Crippen LogP contribution is 2.39. The summed E-state index contributed by atoms with van der Waals surface area (Å²) in [6.45, 7) is 10.3. The Hall–Kier alpha value is -1.20. The summed E-state index contributed by atoms with van der Waals surface area (Å²) < 4.78 is 12.1. The molecule has 0 atom stereocenters. The van der Waals surface area contributed by atoms with Crippen molar-refractivity contribution in [2.45, 2.75) is 52.2 Å². The molecule has 19 heavy (non-hydrogen) atoms. The first kappa shape index (κ1) is 12.8. The fraction of sp³-hybridized carbons (Fsp3) is 0.571. The number of fused-ring (bicyclic) bond motifs is 1. The Morgan fingerprint density at radius 3 is 2.37 bits per heavy atom. The Balaban J connectivity index is 1.87. The van der Waals surface area contributed by atoms with Crippen LogP contribution in [-0.4, -0.2) is 29.7 Å². The predicted molar refractivity (Wildman–Crippen MR) is 77.4 cm³/mol. The monoisotopic (exact) mass is 258 g/mol. The smallest absolute Gasteiger partial charge is 0.399 e.